The van der Waals surface area contributed by atoms with Crippen LogP contribution in [0.5, 0.6) is 0 Å². The maximum Gasteiger partial charge on any atom is 0.299 e. The smallest absolute Gasteiger partial charge is 0.299 e. The second-order valence-electron chi connectivity index (χ2n) is 5.25. The fraction of sp³-hybridized carbons (Fsp3) is 0.133. The number of halogens is 3. The normalized spacial score (nSPS) is 11.6. The summed E-state index contributed by atoms with van der Waals surface area (Å²) in [7, 11) is 1.79. The molecule has 0 spiro atoms. The molecule has 0 bridgehead atoms. The summed E-state index contributed by atoms with van der Waals surface area (Å²) in [6, 6.07) is 10.5. The summed E-state index contributed by atoms with van der Waals surface area (Å²) in [6.45, 7) is 0. The quantitative estimate of drug-likeness (QED) is 0.526. The number of fused-ring (bicyclic) bond motifs is 1. The number of hydrogen-bond donors (Lipinski definition) is 0. The lowest BCUT2D eigenvalue weighted by Crippen LogP contribution is -2.01. The summed E-state index contributed by atoms with van der Waals surface area (Å²) in [5.41, 5.74) is 0.998. The van der Waals surface area contributed by atoms with E-state index in [9.17, 15) is 8.78 Å². The van der Waals surface area contributed by atoms with E-state index < -0.39 is 12.2 Å². The molecule has 0 saturated heterocycles. The van der Waals surface area contributed by atoms with Crippen LogP contribution in [0.4, 0.5) is 8.78 Å². The van der Waals surface area contributed by atoms with Crippen LogP contribution in [0.15, 0.2) is 46.6 Å². The largest absolute Gasteiger partial charge is 0.305 e. The first-order chi connectivity index (χ1) is 12.5. The van der Waals surface area contributed by atoms with Gasteiger partial charge in [0.25, 0.3) is 6.43 Å². The van der Waals surface area contributed by atoms with Crippen molar-refractivity contribution in [3.05, 3.63) is 47.2 Å². The van der Waals surface area contributed by atoms with E-state index in [1.54, 1.807) is 29.8 Å². The van der Waals surface area contributed by atoms with Gasteiger partial charge in [-0.1, -0.05) is 23.7 Å². The molecule has 0 atom stereocenters. The van der Waals surface area contributed by atoms with Crippen LogP contribution in [0, 0.1) is 0 Å². The summed E-state index contributed by atoms with van der Waals surface area (Å²) in [6.07, 6.45) is -2.76. The lowest BCUT2D eigenvalue weighted by atomic mass is 10.2. The van der Waals surface area contributed by atoms with Gasteiger partial charge in [0.05, 0.1) is 5.02 Å². The van der Waals surface area contributed by atoms with E-state index in [1.165, 1.54) is 11.8 Å². The van der Waals surface area contributed by atoms with Crippen molar-refractivity contribution in [3.63, 3.8) is 0 Å². The maximum atomic E-state index is 13.0. The van der Waals surface area contributed by atoms with Crippen molar-refractivity contribution in [1.82, 2.24) is 34.6 Å². The van der Waals surface area contributed by atoms with Crippen LogP contribution in [0.1, 0.15) is 12.2 Å². The van der Waals surface area contributed by atoms with Crippen molar-refractivity contribution in [2.24, 2.45) is 7.05 Å². The Morgan fingerprint density at radius 2 is 1.85 bits per heavy atom. The third kappa shape index (κ3) is 2.90. The van der Waals surface area contributed by atoms with Crippen LogP contribution in [0.25, 0.3) is 17.0 Å². The molecular formula is C15H10ClF2N7S. The second kappa shape index (κ2) is 6.61. The second-order valence-corrected chi connectivity index (χ2v) is 6.64. The van der Waals surface area contributed by atoms with Crippen LogP contribution >= 0.6 is 23.4 Å². The van der Waals surface area contributed by atoms with Crippen LogP contribution < -0.4 is 0 Å². The van der Waals surface area contributed by atoms with Gasteiger partial charge in [0.1, 0.15) is 5.03 Å². The molecule has 4 aromatic rings. The Morgan fingerprint density at radius 1 is 1.04 bits per heavy atom. The highest BCUT2D eigenvalue weighted by Gasteiger charge is 2.19. The average Bonchev–Trinajstić information content (AvgIpc) is 3.20. The number of hydrogen-bond acceptors (Lipinski definition) is 6. The van der Waals surface area contributed by atoms with Gasteiger partial charge >= 0.3 is 0 Å². The van der Waals surface area contributed by atoms with E-state index >= 15 is 0 Å². The Morgan fingerprint density at radius 3 is 2.62 bits per heavy atom. The van der Waals surface area contributed by atoms with Crippen molar-refractivity contribution < 1.29 is 8.78 Å². The van der Waals surface area contributed by atoms with Crippen LogP contribution in [-0.2, 0) is 7.05 Å². The van der Waals surface area contributed by atoms with Gasteiger partial charge in [0.2, 0.25) is 5.82 Å². The molecule has 11 heteroatoms. The third-order valence-corrected chi connectivity index (χ3v) is 4.90. The zero-order valence-electron chi connectivity index (χ0n) is 13.2. The predicted molar refractivity (Wildman–Crippen MR) is 91.3 cm³/mol. The molecule has 0 amide bonds. The molecule has 0 saturated carbocycles. The molecular weight excluding hydrogens is 384 g/mol. The fourth-order valence-electron chi connectivity index (χ4n) is 2.35. The summed E-state index contributed by atoms with van der Waals surface area (Å²) in [5.74, 6) is 0.0916. The molecule has 0 fully saturated rings. The third-order valence-electron chi connectivity index (χ3n) is 3.60. The average molecular weight is 394 g/mol. The van der Waals surface area contributed by atoms with Crippen molar-refractivity contribution in [2.45, 2.75) is 16.6 Å². The molecule has 7 nitrogen and oxygen atoms in total. The summed E-state index contributed by atoms with van der Waals surface area (Å²) in [5, 5.41) is 21.2. The van der Waals surface area contributed by atoms with E-state index in [4.69, 9.17) is 11.6 Å². The summed E-state index contributed by atoms with van der Waals surface area (Å²) < 4.78 is 28.7. The highest BCUT2D eigenvalue weighted by Crippen LogP contribution is 2.30. The lowest BCUT2D eigenvalue weighted by molar-refractivity contribution is 0.137. The van der Waals surface area contributed by atoms with Gasteiger partial charge in [-0.2, -0.15) is 9.61 Å². The van der Waals surface area contributed by atoms with E-state index in [-0.39, 0.29) is 5.65 Å². The summed E-state index contributed by atoms with van der Waals surface area (Å²) in [4.78, 5) is 0. The number of aromatic nitrogens is 7. The molecule has 0 unspecified atom stereocenters. The topological polar surface area (TPSA) is 73.8 Å². The molecule has 3 heterocycles. The van der Waals surface area contributed by atoms with Crippen LogP contribution in [0.2, 0.25) is 5.02 Å². The highest BCUT2D eigenvalue weighted by molar-refractivity contribution is 7.99. The molecule has 0 aliphatic heterocycles. The number of alkyl halides is 2. The minimum atomic E-state index is -2.76. The monoisotopic (exact) mass is 393 g/mol. The summed E-state index contributed by atoms with van der Waals surface area (Å²) >= 11 is 7.40. The Hall–Kier alpha value is -2.59. The van der Waals surface area contributed by atoms with Crippen LogP contribution in [0.3, 0.4) is 0 Å². The minimum Gasteiger partial charge on any atom is -0.305 e. The van der Waals surface area contributed by atoms with Gasteiger partial charge in [-0.05, 0) is 36.0 Å². The van der Waals surface area contributed by atoms with Gasteiger partial charge in [0.15, 0.2) is 16.6 Å². The zero-order chi connectivity index (χ0) is 18.3. The first-order valence-electron chi connectivity index (χ1n) is 7.37. The fourth-order valence-corrected chi connectivity index (χ4v) is 3.32. The molecule has 3 aromatic heterocycles. The Bertz CT molecular complexity index is 1090. The molecule has 4 rings (SSSR count). The van der Waals surface area contributed by atoms with Gasteiger partial charge in [-0.3, -0.25) is 0 Å². The number of rotatable bonds is 4. The van der Waals surface area contributed by atoms with Gasteiger partial charge in [0, 0.05) is 12.6 Å². The zero-order valence-corrected chi connectivity index (χ0v) is 14.8. The standard InChI is InChI=1S/C15H10ClF2N7S/c1-24-13(8-4-2-3-5-9(8)16)20-22-15(24)26-11-7-6-10-19-21-14(12(17)18)25(10)23-11/h2-7,12H,1H3. The first-order valence-corrected chi connectivity index (χ1v) is 8.56. The number of benzene rings is 1. The van der Waals surface area contributed by atoms with Crippen LogP contribution in [-0.4, -0.2) is 34.6 Å². The van der Waals surface area contributed by atoms with E-state index in [1.807, 2.05) is 18.2 Å². The van der Waals surface area contributed by atoms with Crippen molar-refractivity contribution >= 4 is 29.0 Å². The molecule has 0 aliphatic rings. The minimum absolute atomic E-state index is 0.249. The number of nitrogens with zero attached hydrogens (tertiary/aromatic N) is 7. The molecule has 132 valence electrons. The maximum absolute atomic E-state index is 13.0. The Labute approximate surface area is 155 Å². The highest BCUT2D eigenvalue weighted by atomic mass is 35.5. The van der Waals surface area contributed by atoms with Crippen molar-refractivity contribution in [1.29, 1.82) is 0 Å². The van der Waals surface area contributed by atoms with Gasteiger partial charge < -0.3 is 4.57 Å². The molecule has 0 aliphatic carbocycles. The SMILES string of the molecule is Cn1c(Sc2ccc3nnc(C(F)F)n3n2)nnc1-c1ccccc1Cl. The Kier molecular flexibility index (Phi) is 4.29. The van der Waals surface area contributed by atoms with E-state index in [0.717, 1.165) is 10.1 Å². The van der Waals surface area contributed by atoms with Crippen molar-refractivity contribution in [3.8, 4) is 11.4 Å². The van der Waals surface area contributed by atoms with Gasteiger partial charge in [-0.15, -0.1) is 20.4 Å². The van der Waals surface area contributed by atoms with E-state index in [2.05, 4.69) is 25.5 Å². The molecule has 26 heavy (non-hydrogen) atoms. The van der Waals surface area contributed by atoms with Crippen molar-refractivity contribution in [2.75, 3.05) is 0 Å². The molecule has 0 radical (unpaired) electrons. The molecule has 1 aromatic carbocycles. The van der Waals surface area contributed by atoms with E-state index in [0.29, 0.717) is 21.0 Å². The van der Waals surface area contributed by atoms with Gasteiger partial charge in [-0.25, -0.2) is 8.78 Å². The molecule has 0 N–H and O–H groups in total. The lowest BCUT2D eigenvalue weighted by Gasteiger charge is -2.05. The predicted octanol–water partition coefficient (Wildman–Crippen LogP) is 3.66. The Balaban J connectivity index is 1.69. The first kappa shape index (κ1) is 16.9.